The van der Waals surface area contributed by atoms with Gasteiger partial charge in [0.2, 0.25) is 5.92 Å². The molecule has 1 fully saturated rings. The fourth-order valence-electron chi connectivity index (χ4n) is 1.72. The Morgan fingerprint density at radius 2 is 1.92 bits per heavy atom. The summed E-state index contributed by atoms with van der Waals surface area (Å²) in [6, 6.07) is 0.302. The molecule has 0 heterocycles. The first kappa shape index (κ1) is 9.90. The third-order valence-corrected chi connectivity index (χ3v) is 2.61. The van der Waals surface area contributed by atoms with Crippen LogP contribution in [0.5, 0.6) is 0 Å². The van der Waals surface area contributed by atoms with E-state index in [-0.39, 0.29) is 12.8 Å². The van der Waals surface area contributed by atoms with Gasteiger partial charge in [0.05, 0.1) is 0 Å². The van der Waals surface area contributed by atoms with Gasteiger partial charge in [-0.25, -0.2) is 8.78 Å². The summed E-state index contributed by atoms with van der Waals surface area (Å²) >= 11 is 0. The minimum absolute atomic E-state index is 0.0541. The highest BCUT2D eigenvalue weighted by Crippen LogP contribution is 2.30. The summed E-state index contributed by atoms with van der Waals surface area (Å²) in [6.45, 7) is 0. The van der Waals surface area contributed by atoms with E-state index in [9.17, 15) is 8.78 Å². The van der Waals surface area contributed by atoms with E-state index in [4.69, 9.17) is 0 Å². The van der Waals surface area contributed by atoms with Crippen LogP contribution in [0.3, 0.4) is 0 Å². The lowest BCUT2D eigenvalue weighted by molar-refractivity contribution is -0.0265. The van der Waals surface area contributed by atoms with Gasteiger partial charge in [-0.05, 0) is 26.3 Å². The molecule has 3 heteroatoms. The number of hydrogen-bond donors (Lipinski definition) is 1. The highest BCUT2D eigenvalue weighted by Gasteiger charge is 2.30. The van der Waals surface area contributed by atoms with Crippen LogP contribution in [0.4, 0.5) is 8.78 Å². The van der Waals surface area contributed by atoms with E-state index in [1.54, 1.807) is 0 Å². The maximum absolute atomic E-state index is 12.9. The van der Waals surface area contributed by atoms with Crippen LogP contribution in [-0.4, -0.2) is 19.0 Å². The van der Waals surface area contributed by atoms with Crippen molar-refractivity contribution in [1.29, 1.82) is 0 Å². The smallest absolute Gasteiger partial charge is 0.248 e. The largest absolute Gasteiger partial charge is 0.317 e. The van der Waals surface area contributed by atoms with E-state index in [2.05, 4.69) is 5.32 Å². The Kier molecular flexibility index (Phi) is 3.44. The third kappa shape index (κ3) is 3.05. The number of halogens is 2. The molecule has 0 aromatic carbocycles. The molecule has 1 rings (SSSR count). The lowest BCUT2D eigenvalue weighted by Crippen LogP contribution is -2.30. The van der Waals surface area contributed by atoms with Crippen LogP contribution in [0.2, 0.25) is 0 Å². The van der Waals surface area contributed by atoms with Crippen LogP contribution in [0.25, 0.3) is 0 Å². The lowest BCUT2D eigenvalue weighted by atomic mass is 9.94. The summed E-state index contributed by atoms with van der Waals surface area (Å²) in [5, 5.41) is 3.08. The molecule has 1 saturated carbocycles. The van der Waals surface area contributed by atoms with E-state index in [0.717, 1.165) is 12.8 Å². The molecule has 1 aliphatic carbocycles. The van der Waals surface area contributed by atoms with Gasteiger partial charge in [0.25, 0.3) is 0 Å². The molecule has 1 unspecified atom stereocenters. The van der Waals surface area contributed by atoms with Gasteiger partial charge < -0.3 is 5.32 Å². The molecule has 1 atom stereocenters. The molecule has 0 amide bonds. The van der Waals surface area contributed by atoms with Crippen LogP contribution in [-0.2, 0) is 0 Å². The lowest BCUT2D eigenvalue weighted by Gasteiger charge is -2.24. The summed E-state index contributed by atoms with van der Waals surface area (Å²) in [5.41, 5.74) is 0. The molecule has 0 spiro atoms. The molecule has 0 radical (unpaired) electrons. The van der Waals surface area contributed by atoms with Crippen LogP contribution in [0, 0.1) is 0 Å². The minimum atomic E-state index is -2.41. The number of alkyl halides is 2. The average Bonchev–Trinajstić information content (AvgIpc) is 2.00. The zero-order chi connectivity index (χ0) is 9.03. The van der Waals surface area contributed by atoms with Crippen molar-refractivity contribution in [3.8, 4) is 0 Å². The van der Waals surface area contributed by atoms with Crippen molar-refractivity contribution in [3.63, 3.8) is 0 Å². The average molecular weight is 177 g/mol. The van der Waals surface area contributed by atoms with Crippen LogP contribution in [0.1, 0.15) is 38.5 Å². The summed E-state index contributed by atoms with van der Waals surface area (Å²) in [6.07, 6.45) is 3.41. The van der Waals surface area contributed by atoms with Crippen LogP contribution < -0.4 is 5.32 Å². The quantitative estimate of drug-likeness (QED) is 0.649. The second-order valence-corrected chi connectivity index (χ2v) is 3.63. The van der Waals surface area contributed by atoms with Gasteiger partial charge in [0.1, 0.15) is 0 Å². The summed E-state index contributed by atoms with van der Waals surface area (Å²) < 4.78 is 25.9. The Labute approximate surface area is 72.5 Å². The van der Waals surface area contributed by atoms with Crippen molar-refractivity contribution >= 4 is 0 Å². The predicted molar refractivity (Wildman–Crippen MR) is 45.5 cm³/mol. The summed E-state index contributed by atoms with van der Waals surface area (Å²) in [5.74, 6) is -2.41. The van der Waals surface area contributed by atoms with Crippen molar-refractivity contribution in [3.05, 3.63) is 0 Å². The van der Waals surface area contributed by atoms with Gasteiger partial charge in [0, 0.05) is 18.9 Å². The molecule has 0 aromatic rings. The Morgan fingerprint density at radius 3 is 2.58 bits per heavy atom. The van der Waals surface area contributed by atoms with Gasteiger partial charge in [-0.15, -0.1) is 0 Å². The standard InChI is InChI=1S/C9H17F2N/c1-12-8-4-2-3-6-9(10,11)7-5-8/h8,12H,2-7H2,1H3. The molecule has 0 saturated heterocycles. The first-order valence-electron chi connectivity index (χ1n) is 4.69. The Balaban J connectivity index is 2.39. The zero-order valence-electron chi connectivity index (χ0n) is 7.58. The third-order valence-electron chi connectivity index (χ3n) is 2.61. The summed E-state index contributed by atoms with van der Waals surface area (Å²) in [7, 11) is 1.85. The monoisotopic (exact) mass is 177 g/mol. The van der Waals surface area contributed by atoms with Gasteiger partial charge >= 0.3 is 0 Å². The van der Waals surface area contributed by atoms with E-state index in [0.29, 0.717) is 18.9 Å². The van der Waals surface area contributed by atoms with E-state index in [1.807, 2.05) is 7.05 Å². The SMILES string of the molecule is CNC1CCCCC(F)(F)CC1. The Hall–Kier alpha value is -0.180. The Bertz CT molecular complexity index is 136. The fraction of sp³-hybridized carbons (Fsp3) is 1.00. The van der Waals surface area contributed by atoms with Crippen molar-refractivity contribution in [1.82, 2.24) is 5.32 Å². The van der Waals surface area contributed by atoms with Crippen LogP contribution in [0.15, 0.2) is 0 Å². The molecule has 1 aliphatic rings. The number of rotatable bonds is 1. The fourth-order valence-corrected chi connectivity index (χ4v) is 1.72. The van der Waals surface area contributed by atoms with Crippen molar-refractivity contribution in [2.24, 2.45) is 0 Å². The van der Waals surface area contributed by atoms with Crippen LogP contribution >= 0.6 is 0 Å². The van der Waals surface area contributed by atoms with E-state index < -0.39 is 5.92 Å². The zero-order valence-corrected chi connectivity index (χ0v) is 7.58. The molecule has 0 aliphatic heterocycles. The summed E-state index contributed by atoms with van der Waals surface area (Å²) in [4.78, 5) is 0. The molecule has 0 bridgehead atoms. The number of nitrogens with one attached hydrogen (secondary N) is 1. The van der Waals surface area contributed by atoms with Gasteiger partial charge in [-0.2, -0.15) is 0 Å². The highest BCUT2D eigenvalue weighted by molar-refractivity contribution is 4.75. The minimum Gasteiger partial charge on any atom is -0.317 e. The van der Waals surface area contributed by atoms with Gasteiger partial charge in [-0.1, -0.05) is 6.42 Å². The van der Waals surface area contributed by atoms with Gasteiger partial charge in [-0.3, -0.25) is 0 Å². The van der Waals surface area contributed by atoms with Gasteiger partial charge in [0.15, 0.2) is 0 Å². The highest BCUT2D eigenvalue weighted by atomic mass is 19.3. The molecule has 0 aromatic heterocycles. The molecule has 72 valence electrons. The normalized spacial score (nSPS) is 30.8. The second kappa shape index (κ2) is 4.17. The topological polar surface area (TPSA) is 12.0 Å². The molecule has 1 N–H and O–H groups in total. The van der Waals surface area contributed by atoms with Crippen molar-refractivity contribution < 1.29 is 8.78 Å². The number of hydrogen-bond acceptors (Lipinski definition) is 1. The molecule has 1 nitrogen and oxygen atoms in total. The van der Waals surface area contributed by atoms with Crippen molar-refractivity contribution in [2.75, 3.05) is 7.05 Å². The first-order valence-corrected chi connectivity index (χ1v) is 4.69. The maximum Gasteiger partial charge on any atom is 0.248 e. The second-order valence-electron chi connectivity index (χ2n) is 3.63. The van der Waals surface area contributed by atoms with E-state index in [1.165, 1.54) is 0 Å². The maximum atomic E-state index is 12.9. The molecular weight excluding hydrogens is 160 g/mol. The molecule has 12 heavy (non-hydrogen) atoms. The predicted octanol–water partition coefficient (Wildman–Crippen LogP) is 2.56. The molecular formula is C9H17F2N. The Morgan fingerprint density at radius 1 is 1.17 bits per heavy atom. The van der Waals surface area contributed by atoms with E-state index >= 15 is 0 Å². The van der Waals surface area contributed by atoms with Crippen molar-refractivity contribution in [2.45, 2.75) is 50.5 Å². The first-order chi connectivity index (χ1) is 5.64.